The fraction of sp³-hybridized carbons (Fsp3) is 0.409. The van der Waals surface area contributed by atoms with Gasteiger partial charge in [0.1, 0.15) is 0 Å². The number of rotatable bonds is 5. The highest BCUT2D eigenvalue weighted by atomic mass is 32.2. The summed E-state index contributed by atoms with van der Waals surface area (Å²) in [6.45, 7) is 5.42. The lowest BCUT2D eigenvalue weighted by Gasteiger charge is -2.31. The molecular weight excluding hydrogens is 338 g/mol. The van der Waals surface area contributed by atoms with Gasteiger partial charge >= 0.3 is 0 Å². The molecule has 1 heterocycles. The zero-order valence-corrected chi connectivity index (χ0v) is 16.9. The third kappa shape index (κ3) is 5.36. The summed E-state index contributed by atoms with van der Waals surface area (Å²) in [6, 6.07) is 19.1. The Bertz CT molecular complexity index is 727. The number of aliphatic imine (C=N–C) groups is 1. The molecule has 0 bridgehead atoms. The van der Waals surface area contributed by atoms with E-state index in [1.807, 2.05) is 17.8 Å². The quantitative estimate of drug-likeness (QED) is 0.566. The molecule has 1 aliphatic heterocycles. The summed E-state index contributed by atoms with van der Waals surface area (Å²) < 4.78 is 0. The van der Waals surface area contributed by atoms with Gasteiger partial charge in [-0.2, -0.15) is 0 Å². The monoisotopic (exact) mass is 367 g/mol. The molecule has 0 saturated heterocycles. The first-order valence-corrected chi connectivity index (χ1v) is 10.3. The van der Waals surface area contributed by atoms with E-state index in [0.717, 1.165) is 42.7 Å². The van der Waals surface area contributed by atoms with Crippen LogP contribution in [-0.4, -0.2) is 47.9 Å². The zero-order valence-electron chi connectivity index (χ0n) is 16.1. The summed E-state index contributed by atoms with van der Waals surface area (Å²) >= 11 is 1.90. The molecule has 0 fully saturated rings. The summed E-state index contributed by atoms with van der Waals surface area (Å²) in [5, 5.41) is 1.15. The van der Waals surface area contributed by atoms with E-state index in [1.165, 1.54) is 11.1 Å². The van der Waals surface area contributed by atoms with E-state index in [2.05, 4.69) is 79.3 Å². The van der Waals surface area contributed by atoms with E-state index in [1.54, 1.807) is 0 Å². The van der Waals surface area contributed by atoms with E-state index in [-0.39, 0.29) is 0 Å². The summed E-state index contributed by atoms with van der Waals surface area (Å²) in [4.78, 5) is 9.71. The van der Waals surface area contributed by atoms with Crippen LogP contribution in [0.25, 0.3) is 0 Å². The maximum absolute atomic E-state index is 5.00. The highest BCUT2D eigenvalue weighted by molar-refractivity contribution is 8.13. The maximum Gasteiger partial charge on any atom is 0.164 e. The molecule has 1 aliphatic rings. The van der Waals surface area contributed by atoms with Crippen molar-refractivity contribution in [2.75, 3.05) is 32.9 Å². The van der Waals surface area contributed by atoms with Gasteiger partial charge in [-0.3, -0.25) is 0 Å². The molecule has 2 aromatic carbocycles. The summed E-state index contributed by atoms with van der Waals surface area (Å²) in [5.41, 5.74) is 3.95. The summed E-state index contributed by atoms with van der Waals surface area (Å²) in [7, 11) is 4.28. The molecule has 3 nitrogen and oxygen atoms in total. The Kier molecular flexibility index (Phi) is 6.75. The fourth-order valence-corrected chi connectivity index (χ4v) is 4.41. The molecular formula is C22H29N3S. The van der Waals surface area contributed by atoms with Gasteiger partial charge in [-0.25, -0.2) is 4.99 Å². The lowest BCUT2D eigenvalue weighted by Crippen LogP contribution is -2.35. The van der Waals surface area contributed by atoms with E-state index in [4.69, 9.17) is 4.99 Å². The first kappa shape index (κ1) is 19.0. The smallest absolute Gasteiger partial charge is 0.164 e. The van der Waals surface area contributed by atoms with Crippen molar-refractivity contribution in [2.24, 2.45) is 10.9 Å². The van der Waals surface area contributed by atoms with Gasteiger partial charge < -0.3 is 9.80 Å². The van der Waals surface area contributed by atoms with Gasteiger partial charge in [-0.15, -0.1) is 0 Å². The van der Waals surface area contributed by atoms with E-state index in [9.17, 15) is 0 Å². The second kappa shape index (κ2) is 9.24. The molecule has 1 atom stereocenters. The van der Waals surface area contributed by atoms with Crippen LogP contribution in [-0.2, 0) is 13.0 Å². The third-order valence-electron chi connectivity index (χ3n) is 4.56. The Hall–Kier alpha value is -1.78. The number of nitrogens with zero attached hydrogens (tertiary/aromatic N) is 3. The number of hydrogen-bond donors (Lipinski definition) is 0. The van der Waals surface area contributed by atoms with E-state index >= 15 is 0 Å². The highest BCUT2D eigenvalue weighted by Gasteiger charge is 2.20. The lowest BCUT2D eigenvalue weighted by atomic mass is 10.0. The average Bonchev–Trinajstić information content (AvgIpc) is 2.65. The molecule has 0 spiro atoms. The van der Waals surface area contributed by atoms with Crippen LogP contribution in [0.3, 0.4) is 0 Å². The van der Waals surface area contributed by atoms with Gasteiger partial charge in [0.05, 0.1) is 5.69 Å². The van der Waals surface area contributed by atoms with Crippen molar-refractivity contribution in [1.29, 1.82) is 0 Å². The van der Waals surface area contributed by atoms with Crippen LogP contribution in [0.15, 0.2) is 59.6 Å². The molecule has 3 rings (SSSR count). The number of amidine groups is 1. The largest absolute Gasteiger partial charge is 0.347 e. The number of para-hydroxylation sites is 1. The first-order chi connectivity index (χ1) is 12.6. The number of benzene rings is 2. The third-order valence-corrected chi connectivity index (χ3v) is 5.90. The van der Waals surface area contributed by atoms with Gasteiger partial charge in [0, 0.05) is 25.4 Å². The van der Waals surface area contributed by atoms with E-state index < -0.39 is 0 Å². The van der Waals surface area contributed by atoms with Gasteiger partial charge in [-0.1, -0.05) is 61.2 Å². The normalized spacial score (nSPS) is 15.8. The van der Waals surface area contributed by atoms with Crippen LogP contribution >= 0.6 is 11.8 Å². The Morgan fingerprint density at radius 3 is 2.50 bits per heavy atom. The molecule has 138 valence electrons. The number of fused-ring (bicyclic) bond motifs is 1. The molecule has 1 unspecified atom stereocenters. The second-order valence-corrected chi connectivity index (χ2v) is 8.34. The first-order valence-electron chi connectivity index (χ1n) is 9.35. The predicted molar refractivity (Wildman–Crippen MR) is 114 cm³/mol. The molecule has 0 aliphatic carbocycles. The molecule has 0 amide bonds. The van der Waals surface area contributed by atoms with Crippen LogP contribution in [0.5, 0.6) is 0 Å². The van der Waals surface area contributed by atoms with Crippen LogP contribution in [0.4, 0.5) is 5.69 Å². The van der Waals surface area contributed by atoms with Gasteiger partial charge in [0.2, 0.25) is 0 Å². The summed E-state index contributed by atoms with van der Waals surface area (Å²) in [5.74, 6) is 1.72. The minimum absolute atomic E-state index is 0.632. The van der Waals surface area contributed by atoms with Crippen molar-refractivity contribution in [2.45, 2.75) is 19.9 Å². The van der Waals surface area contributed by atoms with Crippen molar-refractivity contribution < 1.29 is 0 Å². The molecule has 4 heteroatoms. The minimum atomic E-state index is 0.632. The van der Waals surface area contributed by atoms with Crippen molar-refractivity contribution in [1.82, 2.24) is 9.80 Å². The van der Waals surface area contributed by atoms with Crippen LogP contribution in [0.2, 0.25) is 0 Å². The molecule has 0 N–H and O–H groups in total. The molecule has 0 radical (unpaired) electrons. The lowest BCUT2D eigenvalue weighted by molar-refractivity contribution is 0.356. The molecule has 26 heavy (non-hydrogen) atoms. The minimum Gasteiger partial charge on any atom is -0.347 e. The Balaban J connectivity index is 1.76. The standard InChI is InChI=1S/C22H29N3S/c1-18(15-24(2)3)17-26-22(23-21-11-5-4-6-12-21)25-14-13-19-9-7-8-10-20(19)16-25/h4-12,18H,13-17H2,1-3H3. The van der Waals surface area contributed by atoms with Gasteiger partial charge in [0.25, 0.3) is 0 Å². The van der Waals surface area contributed by atoms with Gasteiger partial charge in [-0.05, 0) is 49.7 Å². The van der Waals surface area contributed by atoms with Crippen molar-refractivity contribution in [3.63, 3.8) is 0 Å². The predicted octanol–water partition coefficient (Wildman–Crippen LogP) is 4.66. The van der Waals surface area contributed by atoms with Crippen molar-refractivity contribution in [3.8, 4) is 0 Å². The molecule has 0 aromatic heterocycles. The fourth-order valence-electron chi connectivity index (χ4n) is 3.36. The van der Waals surface area contributed by atoms with Crippen LogP contribution in [0.1, 0.15) is 18.1 Å². The summed E-state index contributed by atoms with van der Waals surface area (Å²) in [6.07, 6.45) is 1.10. The van der Waals surface area contributed by atoms with Crippen molar-refractivity contribution >= 4 is 22.6 Å². The van der Waals surface area contributed by atoms with Crippen LogP contribution in [0, 0.1) is 5.92 Å². The SMILES string of the molecule is CC(CSC(=Nc1ccccc1)N1CCc2ccccc2C1)CN(C)C. The van der Waals surface area contributed by atoms with Crippen molar-refractivity contribution in [3.05, 3.63) is 65.7 Å². The Labute approximate surface area is 162 Å². The maximum atomic E-state index is 5.00. The highest BCUT2D eigenvalue weighted by Crippen LogP contribution is 2.25. The molecule has 0 saturated carbocycles. The average molecular weight is 368 g/mol. The Morgan fingerprint density at radius 1 is 1.08 bits per heavy atom. The van der Waals surface area contributed by atoms with Gasteiger partial charge in [0.15, 0.2) is 5.17 Å². The van der Waals surface area contributed by atoms with Crippen LogP contribution < -0.4 is 0 Å². The Morgan fingerprint density at radius 2 is 1.77 bits per heavy atom. The number of thioether (sulfide) groups is 1. The topological polar surface area (TPSA) is 18.8 Å². The second-order valence-electron chi connectivity index (χ2n) is 7.35. The van der Waals surface area contributed by atoms with E-state index in [0.29, 0.717) is 5.92 Å². The number of hydrogen-bond acceptors (Lipinski definition) is 3. The zero-order chi connectivity index (χ0) is 18.4. The molecule has 2 aromatic rings.